The van der Waals surface area contributed by atoms with E-state index in [2.05, 4.69) is 32.3 Å². The normalized spacial score (nSPS) is 18.2. The Kier molecular flexibility index (Phi) is 6.38. The highest BCUT2D eigenvalue weighted by Crippen LogP contribution is 2.41. The van der Waals surface area contributed by atoms with Crippen LogP contribution in [0.3, 0.4) is 0 Å². The standard InChI is InChI=1S/C23H22BrN3O3S/c1-14-6-7-15(16(24)13-14)18-8-9-19(30-18)22-21(17-5-3-4-11-25-17)26-23(31)27(22)12-10-20(28)29-2/h3-9,11,13,21-22H,10,12H2,1-2H3,(H,26,31)/t21-,22+/m1/s1. The van der Waals surface area contributed by atoms with Gasteiger partial charge in [-0.2, -0.15) is 0 Å². The molecule has 1 saturated heterocycles. The lowest BCUT2D eigenvalue weighted by atomic mass is 10.0. The van der Waals surface area contributed by atoms with Crippen molar-refractivity contribution in [2.45, 2.75) is 25.4 Å². The average molecular weight is 500 g/mol. The van der Waals surface area contributed by atoms with Gasteiger partial charge in [0.1, 0.15) is 17.6 Å². The molecule has 2 atom stereocenters. The van der Waals surface area contributed by atoms with Crippen LogP contribution in [-0.4, -0.2) is 34.6 Å². The summed E-state index contributed by atoms with van der Waals surface area (Å²) in [6.45, 7) is 2.46. The maximum absolute atomic E-state index is 11.8. The summed E-state index contributed by atoms with van der Waals surface area (Å²) in [5, 5.41) is 3.91. The maximum Gasteiger partial charge on any atom is 0.307 e. The van der Waals surface area contributed by atoms with Crippen LogP contribution in [-0.2, 0) is 9.53 Å². The Morgan fingerprint density at radius 3 is 2.84 bits per heavy atom. The minimum Gasteiger partial charge on any atom is -0.469 e. The molecule has 31 heavy (non-hydrogen) atoms. The number of aryl methyl sites for hydroxylation is 1. The van der Waals surface area contributed by atoms with Crippen LogP contribution < -0.4 is 5.32 Å². The number of hydrogen-bond donors (Lipinski definition) is 1. The Hall–Kier alpha value is -2.71. The first-order valence-corrected chi connectivity index (χ1v) is 11.1. The fourth-order valence-electron chi connectivity index (χ4n) is 3.75. The molecule has 2 aromatic heterocycles. The molecule has 0 saturated carbocycles. The predicted octanol–water partition coefficient (Wildman–Crippen LogP) is 4.95. The predicted molar refractivity (Wildman–Crippen MR) is 125 cm³/mol. The fraction of sp³-hybridized carbons (Fsp3) is 0.261. The van der Waals surface area contributed by atoms with Gasteiger partial charge in [0.05, 0.1) is 25.3 Å². The second kappa shape index (κ2) is 9.20. The first-order valence-electron chi connectivity index (χ1n) is 9.89. The number of nitrogens with zero attached hydrogens (tertiary/aromatic N) is 2. The number of esters is 1. The van der Waals surface area contributed by atoms with Gasteiger partial charge in [-0.25, -0.2) is 0 Å². The molecule has 0 radical (unpaired) electrons. The molecular weight excluding hydrogens is 478 g/mol. The molecule has 0 aliphatic carbocycles. The smallest absolute Gasteiger partial charge is 0.307 e. The number of rotatable bonds is 6. The minimum atomic E-state index is -0.286. The Balaban J connectivity index is 1.70. The van der Waals surface area contributed by atoms with Gasteiger partial charge in [0.2, 0.25) is 0 Å². The van der Waals surface area contributed by atoms with E-state index in [1.807, 2.05) is 54.3 Å². The third-order valence-electron chi connectivity index (χ3n) is 5.29. The number of nitrogens with one attached hydrogen (secondary N) is 1. The van der Waals surface area contributed by atoms with Gasteiger partial charge in [0, 0.05) is 22.8 Å². The first kappa shape index (κ1) is 21.5. The molecule has 1 aliphatic heterocycles. The second-order valence-electron chi connectivity index (χ2n) is 7.33. The van der Waals surface area contributed by atoms with Crippen LogP contribution in [0.1, 0.15) is 35.5 Å². The quantitative estimate of drug-likeness (QED) is 0.380. The third kappa shape index (κ3) is 4.50. The van der Waals surface area contributed by atoms with Crippen LogP contribution in [0, 0.1) is 6.92 Å². The lowest BCUT2D eigenvalue weighted by Gasteiger charge is -2.25. The molecule has 0 spiro atoms. The van der Waals surface area contributed by atoms with Crippen molar-refractivity contribution in [1.29, 1.82) is 0 Å². The number of pyridine rings is 1. The van der Waals surface area contributed by atoms with Crippen LogP contribution in [0.25, 0.3) is 11.3 Å². The number of halogens is 1. The molecule has 4 rings (SSSR count). The van der Waals surface area contributed by atoms with Crippen molar-refractivity contribution in [1.82, 2.24) is 15.2 Å². The molecule has 6 nitrogen and oxygen atoms in total. The van der Waals surface area contributed by atoms with Crippen molar-refractivity contribution in [3.8, 4) is 11.3 Å². The maximum atomic E-state index is 11.8. The van der Waals surface area contributed by atoms with E-state index in [9.17, 15) is 4.79 Å². The number of ether oxygens (including phenoxy) is 1. The summed E-state index contributed by atoms with van der Waals surface area (Å²) < 4.78 is 12.1. The molecule has 0 unspecified atom stereocenters. The zero-order chi connectivity index (χ0) is 22.0. The molecule has 0 bridgehead atoms. The van der Waals surface area contributed by atoms with Crippen molar-refractivity contribution in [2.24, 2.45) is 0 Å². The molecule has 160 valence electrons. The average Bonchev–Trinajstić information content (AvgIpc) is 3.37. The van der Waals surface area contributed by atoms with Crippen LogP contribution >= 0.6 is 28.1 Å². The van der Waals surface area contributed by atoms with E-state index in [1.165, 1.54) is 7.11 Å². The Labute approximate surface area is 194 Å². The van der Waals surface area contributed by atoms with Crippen LogP contribution in [0.4, 0.5) is 0 Å². The topological polar surface area (TPSA) is 67.6 Å². The molecular formula is C23H22BrN3O3S. The minimum absolute atomic E-state index is 0.202. The molecule has 8 heteroatoms. The van der Waals surface area contributed by atoms with Crippen LogP contribution in [0.15, 0.2) is 63.6 Å². The van der Waals surface area contributed by atoms with Crippen LogP contribution in [0.2, 0.25) is 0 Å². The van der Waals surface area contributed by atoms with Crippen molar-refractivity contribution in [3.63, 3.8) is 0 Å². The zero-order valence-electron chi connectivity index (χ0n) is 17.2. The number of benzene rings is 1. The lowest BCUT2D eigenvalue weighted by Crippen LogP contribution is -2.31. The van der Waals surface area contributed by atoms with E-state index in [4.69, 9.17) is 21.4 Å². The van der Waals surface area contributed by atoms with Gasteiger partial charge in [-0.05, 0) is 61.1 Å². The number of aromatic nitrogens is 1. The van der Waals surface area contributed by atoms with Crippen LogP contribution in [0.5, 0.6) is 0 Å². The van der Waals surface area contributed by atoms with Gasteiger partial charge in [0.15, 0.2) is 5.11 Å². The van der Waals surface area contributed by atoms with Gasteiger partial charge < -0.3 is 19.4 Å². The van der Waals surface area contributed by atoms with Gasteiger partial charge in [0.25, 0.3) is 0 Å². The van der Waals surface area contributed by atoms with E-state index in [0.29, 0.717) is 11.7 Å². The largest absolute Gasteiger partial charge is 0.469 e. The molecule has 1 aromatic carbocycles. The second-order valence-corrected chi connectivity index (χ2v) is 8.57. The summed E-state index contributed by atoms with van der Waals surface area (Å²) in [6, 6.07) is 15.4. The van der Waals surface area contributed by atoms with E-state index in [0.717, 1.165) is 32.8 Å². The molecule has 1 aliphatic rings. The van der Waals surface area contributed by atoms with Gasteiger partial charge >= 0.3 is 5.97 Å². The molecule has 3 aromatic rings. The summed E-state index contributed by atoms with van der Waals surface area (Å²) in [4.78, 5) is 18.3. The number of hydrogen-bond acceptors (Lipinski definition) is 5. The number of carbonyl (C=O) groups is 1. The van der Waals surface area contributed by atoms with Crippen molar-refractivity contribution < 1.29 is 13.9 Å². The summed E-state index contributed by atoms with van der Waals surface area (Å²) >= 11 is 9.23. The summed E-state index contributed by atoms with van der Waals surface area (Å²) in [7, 11) is 1.38. The van der Waals surface area contributed by atoms with Gasteiger partial charge in [-0.3, -0.25) is 9.78 Å². The summed E-state index contributed by atoms with van der Waals surface area (Å²) in [5.41, 5.74) is 2.99. The number of methoxy groups -OCH3 is 1. The van der Waals surface area contributed by atoms with Crippen molar-refractivity contribution >= 4 is 39.2 Å². The number of carbonyl (C=O) groups excluding carboxylic acids is 1. The van der Waals surface area contributed by atoms with Gasteiger partial charge in [-0.15, -0.1) is 0 Å². The molecule has 1 N–H and O–H groups in total. The number of thiocarbonyl (C=S) groups is 1. The lowest BCUT2D eigenvalue weighted by molar-refractivity contribution is -0.140. The fourth-order valence-corrected chi connectivity index (χ4v) is 4.77. The highest BCUT2D eigenvalue weighted by molar-refractivity contribution is 9.10. The van der Waals surface area contributed by atoms with Gasteiger partial charge in [-0.1, -0.05) is 28.1 Å². The highest BCUT2D eigenvalue weighted by Gasteiger charge is 2.41. The van der Waals surface area contributed by atoms with Crippen molar-refractivity contribution in [3.05, 3.63) is 76.2 Å². The Morgan fingerprint density at radius 1 is 1.29 bits per heavy atom. The number of furan rings is 1. The zero-order valence-corrected chi connectivity index (χ0v) is 19.6. The molecule has 1 fully saturated rings. The third-order valence-corrected chi connectivity index (χ3v) is 6.30. The Morgan fingerprint density at radius 2 is 2.13 bits per heavy atom. The van der Waals surface area contributed by atoms with E-state index < -0.39 is 0 Å². The Bertz CT molecular complexity index is 1100. The van der Waals surface area contributed by atoms with E-state index >= 15 is 0 Å². The van der Waals surface area contributed by atoms with E-state index in [1.54, 1.807) is 6.20 Å². The SMILES string of the molecule is COC(=O)CCN1C(=S)N[C@H](c2ccccn2)[C@@H]1c1ccc(-c2ccc(C)cc2Br)o1. The highest BCUT2D eigenvalue weighted by atomic mass is 79.9. The molecule has 3 heterocycles. The summed E-state index contributed by atoms with van der Waals surface area (Å²) in [5.74, 6) is 1.22. The first-order chi connectivity index (χ1) is 15.0. The van der Waals surface area contributed by atoms with Crippen molar-refractivity contribution in [2.75, 3.05) is 13.7 Å². The molecule has 0 amide bonds. The monoisotopic (exact) mass is 499 g/mol. The summed E-state index contributed by atoms with van der Waals surface area (Å²) in [6.07, 6.45) is 1.98. The van der Waals surface area contributed by atoms with E-state index in [-0.39, 0.29) is 24.5 Å².